The Morgan fingerprint density at radius 1 is 1.28 bits per heavy atom. The zero-order valence-electron chi connectivity index (χ0n) is 16.4. The average molecular weight is 392 g/mol. The van der Waals surface area contributed by atoms with E-state index < -0.39 is 5.41 Å². The van der Waals surface area contributed by atoms with Crippen molar-refractivity contribution in [2.75, 3.05) is 25.5 Å². The highest BCUT2D eigenvalue weighted by Crippen LogP contribution is 2.42. The molecule has 3 heterocycles. The van der Waals surface area contributed by atoms with Crippen molar-refractivity contribution in [1.82, 2.24) is 30.2 Å². The number of nitrogens with zero attached hydrogens (tertiary/aromatic N) is 5. The number of amides is 1. The van der Waals surface area contributed by atoms with E-state index in [0.717, 1.165) is 16.9 Å². The second-order valence-electron chi connectivity index (χ2n) is 7.39. The van der Waals surface area contributed by atoms with Gasteiger partial charge in [0.25, 0.3) is 0 Å². The monoisotopic (exact) mass is 392 g/mol. The first kappa shape index (κ1) is 19.0. The highest BCUT2D eigenvalue weighted by atomic mass is 16.1. The van der Waals surface area contributed by atoms with Crippen LogP contribution in [-0.2, 0) is 11.8 Å². The first-order valence-electron chi connectivity index (χ1n) is 9.36. The lowest BCUT2D eigenvalue weighted by atomic mass is 9.70. The van der Waals surface area contributed by atoms with Crippen LogP contribution in [0.15, 0.2) is 55.0 Å². The van der Waals surface area contributed by atoms with Gasteiger partial charge in [0.2, 0.25) is 11.9 Å². The lowest BCUT2D eigenvalue weighted by Crippen LogP contribution is -2.47. The number of hydrazine groups is 1. The zero-order valence-corrected chi connectivity index (χ0v) is 16.4. The molecule has 4 rings (SSSR count). The van der Waals surface area contributed by atoms with Gasteiger partial charge in [0.1, 0.15) is 0 Å². The summed E-state index contributed by atoms with van der Waals surface area (Å²) in [6.07, 6.45) is 5.23. The molecular weight excluding hydrogens is 368 g/mol. The number of aromatic nitrogens is 4. The number of hydrogen-bond donors (Lipinski definition) is 3. The molecule has 1 fully saturated rings. The maximum atomic E-state index is 12.7. The molecule has 29 heavy (non-hydrogen) atoms. The third kappa shape index (κ3) is 3.69. The van der Waals surface area contributed by atoms with Crippen molar-refractivity contribution in [3.8, 4) is 0 Å². The number of nitrogens with two attached hydrogens (primary N) is 1. The van der Waals surface area contributed by atoms with Gasteiger partial charge in [-0.2, -0.15) is 5.10 Å². The molecule has 1 aliphatic rings. The van der Waals surface area contributed by atoms with E-state index in [0.29, 0.717) is 19.0 Å². The van der Waals surface area contributed by atoms with Crippen LogP contribution in [0.5, 0.6) is 0 Å². The summed E-state index contributed by atoms with van der Waals surface area (Å²) in [5, 5.41) is 9.21. The lowest BCUT2D eigenvalue weighted by molar-refractivity contribution is -0.127. The normalized spacial score (nSPS) is 20.5. The minimum Gasteiger partial charge on any atom is -0.369 e. The molecule has 0 spiro atoms. The standard InChI is InChI=1S/C20H24N8O/c1-27-11-15(10-23-27)25-19-22-9-8-16(26-19)17(14-6-4-3-5-7-14)20(18(21)29)12-24-28(2)13-20/h3-11,17,24H,12-13H2,1-2H3,(H2,21,29)(H,22,25,26). The Labute approximate surface area is 168 Å². The third-order valence-corrected chi connectivity index (χ3v) is 5.29. The number of aryl methyl sites for hydroxylation is 1. The van der Waals surface area contributed by atoms with Crippen molar-refractivity contribution >= 4 is 17.5 Å². The van der Waals surface area contributed by atoms with Crippen LogP contribution in [0.25, 0.3) is 0 Å². The Morgan fingerprint density at radius 2 is 2.07 bits per heavy atom. The molecule has 9 nitrogen and oxygen atoms in total. The number of benzene rings is 1. The van der Waals surface area contributed by atoms with Crippen molar-refractivity contribution in [1.29, 1.82) is 0 Å². The van der Waals surface area contributed by atoms with Crippen molar-refractivity contribution in [2.24, 2.45) is 18.2 Å². The Morgan fingerprint density at radius 3 is 2.69 bits per heavy atom. The molecule has 1 saturated heterocycles. The molecule has 1 aliphatic heterocycles. The van der Waals surface area contributed by atoms with Crippen LogP contribution >= 0.6 is 0 Å². The Bertz CT molecular complexity index is 1000. The number of nitrogens with one attached hydrogen (secondary N) is 2. The van der Waals surface area contributed by atoms with E-state index >= 15 is 0 Å². The molecule has 0 radical (unpaired) electrons. The van der Waals surface area contributed by atoms with Crippen LogP contribution in [-0.4, -0.2) is 50.8 Å². The Kier molecular flexibility index (Phi) is 4.99. The van der Waals surface area contributed by atoms with Crippen molar-refractivity contribution < 1.29 is 4.79 Å². The Balaban J connectivity index is 1.78. The summed E-state index contributed by atoms with van der Waals surface area (Å²) in [5.41, 5.74) is 10.8. The van der Waals surface area contributed by atoms with Crippen LogP contribution in [0.3, 0.4) is 0 Å². The van der Waals surface area contributed by atoms with Crippen LogP contribution in [0, 0.1) is 5.41 Å². The third-order valence-electron chi connectivity index (χ3n) is 5.29. The summed E-state index contributed by atoms with van der Waals surface area (Å²) >= 11 is 0. The average Bonchev–Trinajstić information content (AvgIpc) is 3.29. The second-order valence-corrected chi connectivity index (χ2v) is 7.39. The first-order chi connectivity index (χ1) is 14.0. The minimum atomic E-state index is -0.837. The molecule has 2 aromatic heterocycles. The van der Waals surface area contributed by atoms with Crippen LogP contribution in [0.2, 0.25) is 0 Å². The number of rotatable bonds is 6. The summed E-state index contributed by atoms with van der Waals surface area (Å²) in [4.78, 5) is 21.8. The second kappa shape index (κ2) is 7.61. The molecule has 150 valence electrons. The first-order valence-corrected chi connectivity index (χ1v) is 9.36. The molecule has 0 aliphatic carbocycles. The number of hydrogen-bond acceptors (Lipinski definition) is 7. The summed E-state index contributed by atoms with van der Waals surface area (Å²) in [6.45, 7) is 0.922. The van der Waals surface area contributed by atoms with Gasteiger partial charge < -0.3 is 11.1 Å². The SMILES string of the molecule is CN1CC(C(N)=O)(C(c2ccccc2)c2ccnc(Nc3cnn(C)c3)n2)CN1. The highest BCUT2D eigenvalue weighted by molar-refractivity contribution is 5.84. The predicted octanol–water partition coefficient (Wildman–Crippen LogP) is 1.01. The fourth-order valence-corrected chi connectivity index (χ4v) is 3.94. The van der Waals surface area contributed by atoms with Gasteiger partial charge in [-0.05, 0) is 11.6 Å². The molecule has 4 N–H and O–H groups in total. The Hall–Kier alpha value is -3.30. The van der Waals surface area contributed by atoms with Gasteiger partial charge in [0.15, 0.2) is 0 Å². The van der Waals surface area contributed by atoms with Crippen LogP contribution < -0.4 is 16.5 Å². The molecule has 3 aromatic rings. The van der Waals surface area contributed by atoms with Crippen molar-refractivity contribution in [3.63, 3.8) is 0 Å². The molecule has 0 saturated carbocycles. The maximum absolute atomic E-state index is 12.7. The summed E-state index contributed by atoms with van der Waals surface area (Å²) in [5.74, 6) is -0.241. The summed E-state index contributed by atoms with van der Waals surface area (Å²) < 4.78 is 1.70. The van der Waals surface area contributed by atoms with Crippen LogP contribution in [0.4, 0.5) is 11.6 Å². The topological polar surface area (TPSA) is 114 Å². The summed E-state index contributed by atoms with van der Waals surface area (Å²) in [7, 11) is 3.75. The number of carbonyl (C=O) groups is 1. The highest BCUT2D eigenvalue weighted by Gasteiger charge is 2.50. The molecule has 2 atom stereocenters. The fourth-order valence-electron chi connectivity index (χ4n) is 3.94. The number of carbonyl (C=O) groups excluding carboxylic acids is 1. The fraction of sp³-hybridized carbons (Fsp3) is 0.300. The largest absolute Gasteiger partial charge is 0.369 e. The van der Waals surface area contributed by atoms with Crippen LogP contribution in [0.1, 0.15) is 17.2 Å². The van der Waals surface area contributed by atoms with Gasteiger partial charge in [-0.15, -0.1) is 0 Å². The number of anilines is 2. The molecule has 2 unspecified atom stereocenters. The molecule has 0 bridgehead atoms. The van der Waals surface area contributed by atoms with Gasteiger partial charge in [-0.1, -0.05) is 30.3 Å². The smallest absolute Gasteiger partial charge is 0.227 e. The van der Waals surface area contributed by atoms with E-state index in [4.69, 9.17) is 10.7 Å². The maximum Gasteiger partial charge on any atom is 0.227 e. The van der Waals surface area contributed by atoms with Gasteiger partial charge in [-0.3, -0.25) is 14.9 Å². The van der Waals surface area contributed by atoms with Gasteiger partial charge >= 0.3 is 0 Å². The number of primary amides is 1. The van der Waals surface area contributed by atoms with E-state index in [1.165, 1.54) is 0 Å². The van der Waals surface area contributed by atoms with E-state index in [1.807, 2.05) is 61.7 Å². The van der Waals surface area contributed by atoms with E-state index in [-0.39, 0.29) is 11.8 Å². The van der Waals surface area contributed by atoms with E-state index in [9.17, 15) is 4.79 Å². The molecule has 9 heteroatoms. The van der Waals surface area contributed by atoms with Gasteiger partial charge in [-0.25, -0.2) is 15.0 Å². The lowest BCUT2D eigenvalue weighted by Gasteiger charge is -2.34. The quantitative estimate of drug-likeness (QED) is 0.573. The van der Waals surface area contributed by atoms with E-state index in [2.05, 4.69) is 20.8 Å². The minimum absolute atomic E-state index is 0.323. The molecular formula is C20H24N8O. The van der Waals surface area contributed by atoms with Gasteiger partial charge in [0, 0.05) is 45.5 Å². The van der Waals surface area contributed by atoms with E-state index in [1.54, 1.807) is 17.1 Å². The van der Waals surface area contributed by atoms with Crippen molar-refractivity contribution in [3.05, 3.63) is 66.2 Å². The predicted molar refractivity (Wildman–Crippen MR) is 109 cm³/mol. The van der Waals surface area contributed by atoms with Crippen molar-refractivity contribution in [2.45, 2.75) is 5.92 Å². The molecule has 1 aromatic carbocycles. The zero-order chi connectivity index (χ0) is 20.4. The summed E-state index contributed by atoms with van der Waals surface area (Å²) in [6, 6.07) is 11.7. The van der Waals surface area contributed by atoms with Gasteiger partial charge in [0.05, 0.1) is 23.0 Å². The molecule has 1 amide bonds.